The van der Waals surface area contributed by atoms with E-state index < -0.39 is 186 Å². The Morgan fingerprint density at radius 3 is 1.98 bits per heavy atom. The zero-order chi connectivity index (χ0) is 89.4. The SMILES string of the molecule is CC[C@H]1c2cc3[nH]c4c(c3C)C(=O)C(C(=O)OC)c4c3nc(cc4[nH]c(cc(n2)[C@@H]1C)c(C(C)=O)c4C)[C@@H](C)[C@@H]3CCC(=O)NC(CC(=O)NCCc1ccc(B(O)O)cc1)C(=O)NNC(=O)OCCSSC[C@H](NC(=O)C(CC(=O)NCCS(=O)(=O)O)NC(=O)CC[C@H](NC(=O)c1ccc(NCc2cnc3nc(N)[nH]c(=O)c3n2)cc1)C(=O)O)C(=O)O. The average molecular weight is 1760 g/mol. The number of aryl methyl sites for hydroxylation is 2. The lowest BCUT2D eigenvalue weighted by Gasteiger charge is -2.22. The number of methoxy groups -OCH3 is 1. The highest BCUT2D eigenvalue weighted by molar-refractivity contribution is 8.76. The van der Waals surface area contributed by atoms with Crippen molar-refractivity contribution in [2.45, 2.75) is 153 Å². The number of H-pyrrole nitrogens is 3. The molecule has 3 unspecified atom stereocenters. The van der Waals surface area contributed by atoms with Crippen molar-refractivity contribution >= 4 is 166 Å². The summed E-state index contributed by atoms with van der Waals surface area (Å²) < 4.78 is 42.4. The number of carboxylic acids is 2. The molecule has 41 nitrogen and oxygen atoms in total. The first-order chi connectivity index (χ1) is 58.4. The van der Waals surface area contributed by atoms with Gasteiger partial charge in [0.15, 0.2) is 22.7 Å². The monoisotopic (exact) mass is 1750 g/mol. The molecule has 8 amide bonds. The Morgan fingerprint density at radius 1 is 0.691 bits per heavy atom. The van der Waals surface area contributed by atoms with Crippen molar-refractivity contribution in [1.29, 1.82) is 0 Å². The molecule has 7 aromatic rings. The molecule has 9 atom stereocenters. The van der Waals surface area contributed by atoms with Gasteiger partial charge in [0.25, 0.3) is 27.5 Å². The predicted octanol–water partition coefficient (Wildman–Crippen LogP) is 1.94. The molecular weight excluding hydrogens is 1660 g/mol. The number of nitrogens with one attached hydrogen (secondary N) is 12. The summed E-state index contributed by atoms with van der Waals surface area (Å²) in [6.45, 7) is 10.0. The number of benzene rings is 2. The maximum atomic E-state index is 14.7. The first-order valence-electron chi connectivity index (χ1n) is 38.7. The van der Waals surface area contributed by atoms with Crippen molar-refractivity contribution in [2.75, 3.05) is 55.1 Å². The summed E-state index contributed by atoms with van der Waals surface area (Å²) in [6.07, 6.45) is -2.24. The van der Waals surface area contributed by atoms with E-state index in [0.29, 0.717) is 67.8 Å². The van der Waals surface area contributed by atoms with E-state index in [-0.39, 0.29) is 101 Å². The molecule has 652 valence electrons. The Bertz CT molecular complexity index is 5660. The van der Waals surface area contributed by atoms with Crippen LogP contribution < -0.4 is 64.8 Å². The van der Waals surface area contributed by atoms with E-state index in [1.165, 1.54) is 49.5 Å². The van der Waals surface area contributed by atoms with Crippen LogP contribution in [-0.2, 0) is 75.7 Å². The number of carbonyl (C=O) groups excluding carboxylic acids is 11. The molecule has 123 heavy (non-hydrogen) atoms. The van der Waals surface area contributed by atoms with Gasteiger partial charge in [-0.2, -0.15) is 13.4 Å². The third-order valence-corrected chi connectivity index (χ3v) is 24.0. The lowest BCUT2D eigenvalue weighted by molar-refractivity contribution is -0.142. The number of aliphatic carboxylic acids is 2. The second-order valence-electron chi connectivity index (χ2n) is 29.3. The number of carboxylic acid groups (broad SMARTS) is 2. The molecule has 2 aliphatic heterocycles. The number of esters is 1. The molecule has 0 saturated heterocycles. The number of anilines is 2. The van der Waals surface area contributed by atoms with Gasteiger partial charge in [0.05, 0.1) is 60.9 Å². The minimum Gasteiger partial charge on any atom is -0.480 e. The Morgan fingerprint density at radius 2 is 1.33 bits per heavy atom. The van der Waals surface area contributed by atoms with Gasteiger partial charge in [0.1, 0.15) is 36.7 Å². The Labute approximate surface area is 709 Å². The van der Waals surface area contributed by atoms with Gasteiger partial charge < -0.3 is 82.7 Å². The normalized spacial score (nSPS) is 16.2. The number of hydrogen-bond donors (Lipinski definition) is 18. The van der Waals surface area contributed by atoms with Gasteiger partial charge >= 0.3 is 31.1 Å². The van der Waals surface area contributed by atoms with Crippen LogP contribution in [0.3, 0.4) is 0 Å². The standard InChI is InChI=1S/C78H91BN18O23S3/c1-8-45-35(2)48-29-53-61(39(6)98)37(4)50(87-53)27-49-36(3)46(65(90-49)63-64(76(112)119-7)68(103)62-38(5)51(91-66(62)63)28-52(45)86-48)17-19-57(99)89-55(31-59(101)81-22-21-40-9-13-42(14-10-40)79(114)115)72(106)96-97-78(113)120-24-25-121-122-34-56(75(110)111)93-71(105)54(30-60(102)82-23-26-123(116,117)118)88-58(100)20-18-47(74(108)109)92-70(104)41-11-15-43(16-12-41)83-32-44-33-84-69-67(85-44)73(107)95-77(80)94-69/h9-16,27-29,33,35-36,45-47,54-56,64,83,87,91,114-115H,8,17-26,30-32,34H2,1-7H3,(H,81,101)(H,82,102)(H,88,100)(H,89,99)(H,92,104)(H,93,105)(H,96,106)(H,97,113)(H,108,109)(H,110,111)(H,116,117,118)(H3,80,84,94,95,107)/t35-,36+,45-,46+,47+,54?,55?,56+,64?/m1/s1. The van der Waals surface area contributed by atoms with E-state index >= 15 is 0 Å². The molecule has 8 bridgehead atoms. The number of nitrogens with two attached hydrogens (primary N) is 1. The maximum absolute atomic E-state index is 14.7. The minimum absolute atomic E-state index is 0.00586. The fourth-order valence-corrected chi connectivity index (χ4v) is 16.7. The molecule has 0 spiro atoms. The Balaban J connectivity index is 0.760. The van der Waals surface area contributed by atoms with Crippen molar-refractivity contribution in [2.24, 2.45) is 0 Å². The van der Waals surface area contributed by atoms with E-state index in [0.717, 1.165) is 40.1 Å². The van der Waals surface area contributed by atoms with Gasteiger partial charge in [-0.05, 0) is 111 Å². The minimum atomic E-state index is -4.58. The van der Waals surface area contributed by atoms with Crippen LogP contribution >= 0.6 is 21.6 Å². The number of aromatic amines is 3. The predicted molar refractivity (Wildman–Crippen MR) is 448 cm³/mol. The number of fused-ring (bicyclic) bond motifs is 9. The molecule has 0 saturated carbocycles. The number of Topliss-reactive ketones (excluding diaryl/α,β-unsaturated/α-hetero) is 2. The number of carbonyl (C=O) groups is 13. The number of aromatic nitrogens is 8. The highest BCUT2D eigenvalue weighted by Gasteiger charge is 2.46. The first kappa shape index (κ1) is 92.6. The molecule has 0 radical (unpaired) electrons. The molecule has 2 aromatic carbocycles. The van der Waals surface area contributed by atoms with Crippen molar-refractivity contribution in [3.63, 3.8) is 0 Å². The summed E-state index contributed by atoms with van der Waals surface area (Å²) >= 11 is 0. The molecular formula is C78H91BN18O23S3. The van der Waals surface area contributed by atoms with Crippen LogP contribution in [0, 0.1) is 13.8 Å². The van der Waals surface area contributed by atoms with Crippen LogP contribution in [0.2, 0.25) is 0 Å². The summed E-state index contributed by atoms with van der Waals surface area (Å²) in [5.74, 6) is -16.1. The Kier molecular flexibility index (Phi) is 31.0. The fourth-order valence-electron chi connectivity index (χ4n) is 14.4. The molecule has 19 N–H and O–H groups in total. The Hall–Kier alpha value is -12.7. The van der Waals surface area contributed by atoms with Gasteiger partial charge in [-0.15, -0.1) is 0 Å². The van der Waals surface area contributed by atoms with E-state index in [1.807, 2.05) is 26.0 Å². The van der Waals surface area contributed by atoms with E-state index in [1.54, 1.807) is 32.0 Å². The van der Waals surface area contributed by atoms with Gasteiger partial charge in [-0.1, -0.05) is 66.6 Å². The molecule has 7 heterocycles. The zero-order valence-corrected chi connectivity index (χ0v) is 69.9. The van der Waals surface area contributed by atoms with Gasteiger partial charge in [0.2, 0.25) is 35.5 Å². The fraction of sp³-hybridized carbons (Fsp3) is 0.397. The zero-order valence-electron chi connectivity index (χ0n) is 67.4. The number of hydrazine groups is 1. The van der Waals surface area contributed by atoms with Crippen molar-refractivity contribution in [3.05, 3.63) is 151 Å². The van der Waals surface area contributed by atoms with E-state index in [2.05, 4.69) is 84.9 Å². The number of ketones is 2. The lowest BCUT2D eigenvalue weighted by atomic mass is 9.80. The van der Waals surface area contributed by atoms with Crippen LogP contribution in [0.15, 0.2) is 77.7 Å². The molecule has 5 aromatic heterocycles. The summed E-state index contributed by atoms with van der Waals surface area (Å²) in [7, 11) is -3.36. The second-order valence-corrected chi connectivity index (χ2v) is 33.5. The lowest BCUT2D eigenvalue weighted by Crippen LogP contribution is -2.54. The maximum Gasteiger partial charge on any atom is 0.488 e. The third kappa shape index (κ3) is 23.7. The van der Waals surface area contributed by atoms with Gasteiger partial charge in [-0.3, -0.25) is 77.7 Å². The van der Waals surface area contributed by atoms with Crippen LogP contribution in [0.4, 0.5) is 16.4 Å². The van der Waals surface area contributed by atoms with Crippen LogP contribution in [0.25, 0.3) is 33.2 Å². The highest BCUT2D eigenvalue weighted by atomic mass is 33.1. The summed E-state index contributed by atoms with van der Waals surface area (Å²) in [5.41, 5.74) is 17.2. The molecule has 10 rings (SSSR count). The second kappa shape index (κ2) is 41.2. The largest absolute Gasteiger partial charge is 0.488 e. The number of rotatable bonds is 38. The number of nitrogen functional groups attached to an aromatic ring is 1. The van der Waals surface area contributed by atoms with Crippen LogP contribution in [0.1, 0.15) is 184 Å². The highest BCUT2D eigenvalue weighted by Crippen LogP contribution is 2.49. The topological polar surface area (TPSA) is 639 Å². The number of hydrogen-bond acceptors (Lipinski definition) is 29. The van der Waals surface area contributed by atoms with Crippen LogP contribution in [0.5, 0.6) is 0 Å². The average Bonchev–Trinajstić information content (AvgIpc) is 1.56. The van der Waals surface area contributed by atoms with Gasteiger partial charge in [-0.25, -0.2) is 29.8 Å². The van der Waals surface area contributed by atoms with Crippen molar-refractivity contribution in [3.8, 4) is 0 Å². The van der Waals surface area contributed by atoms with E-state index in [4.69, 9.17) is 25.2 Å². The van der Waals surface area contributed by atoms with E-state index in [9.17, 15) is 100 Å². The summed E-state index contributed by atoms with van der Waals surface area (Å²) in [5, 5.41) is 56.5. The smallest absolute Gasteiger partial charge is 0.480 e. The summed E-state index contributed by atoms with van der Waals surface area (Å²) in [4.78, 5) is 220. The molecule has 3 aliphatic rings. The quantitative estimate of drug-likeness (QED) is 0.00384. The number of nitrogens with zero attached hydrogens (tertiary/aromatic N) is 5. The molecule has 45 heteroatoms. The van der Waals surface area contributed by atoms with Crippen molar-refractivity contribution in [1.82, 2.24) is 82.6 Å². The molecule has 1 aliphatic carbocycles. The molecule has 0 fully saturated rings. The number of ether oxygens (including phenoxy) is 2. The van der Waals surface area contributed by atoms with Gasteiger partial charge in [0, 0.05) is 117 Å². The van der Waals surface area contributed by atoms with Crippen LogP contribution in [-0.4, -0.2) is 225 Å². The summed E-state index contributed by atoms with van der Waals surface area (Å²) in [6, 6.07) is 10.4. The number of amides is 8. The first-order valence-corrected chi connectivity index (χ1v) is 42.8. The third-order valence-electron chi connectivity index (χ3n) is 20.9. The van der Waals surface area contributed by atoms with Crippen molar-refractivity contribution < 1.29 is 105 Å².